The number of carbonyl (C=O) groups excluding carboxylic acids is 1. The molecule has 3 aliphatic rings. The number of nitrogens with one attached hydrogen (secondary N) is 1. The van der Waals surface area contributed by atoms with E-state index in [9.17, 15) is 9.90 Å². The first kappa shape index (κ1) is 16.1. The highest BCUT2D eigenvalue weighted by Crippen LogP contribution is 2.54. The molecule has 0 radical (unpaired) electrons. The zero-order chi connectivity index (χ0) is 15.6. The van der Waals surface area contributed by atoms with E-state index in [0.717, 1.165) is 39.0 Å². The first-order valence-corrected chi connectivity index (χ1v) is 8.97. The highest BCUT2D eigenvalue weighted by Gasteiger charge is 2.57. The number of aliphatic hydroxyl groups is 1. The summed E-state index contributed by atoms with van der Waals surface area (Å²) in [4.78, 5) is 14.4. The topological polar surface area (TPSA) is 61.8 Å². The van der Waals surface area contributed by atoms with E-state index in [1.165, 1.54) is 25.7 Å². The maximum Gasteiger partial charge on any atom is 0.317 e. The zero-order valence-electron chi connectivity index (χ0n) is 13.7. The lowest BCUT2D eigenvalue weighted by Gasteiger charge is -2.54. The van der Waals surface area contributed by atoms with Gasteiger partial charge in [0.2, 0.25) is 0 Å². The van der Waals surface area contributed by atoms with Crippen molar-refractivity contribution in [3.8, 4) is 0 Å². The summed E-state index contributed by atoms with van der Waals surface area (Å²) < 4.78 is 5.91. The Morgan fingerprint density at radius 3 is 2.59 bits per heavy atom. The van der Waals surface area contributed by atoms with Crippen molar-refractivity contribution in [1.82, 2.24) is 10.2 Å². The second-order valence-electron chi connectivity index (χ2n) is 7.24. The third kappa shape index (κ3) is 2.85. The summed E-state index contributed by atoms with van der Waals surface area (Å²) in [5.74, 6) is 0.372. The molecule has 1 spiro atoms. The average molecular weight is 310 g/mol. The van der Waals surface area contributed by atoms with Gasteiger partial charge in [0.05, 0.1) is 6.10 Å². The van der Waals surface area contributed by atoms with E-state index in [2.05, 4.69) is 12.2 Å². The predicted octanol–water partition coefficient (Wildman–Crippen LogP) is 2.14. The third-order valence-electron chi connectivity index (χ3n) is 6.14. The van der Waals surface area contributed by atoms with E-state index in [0.29, 0.717) is 12.0 Å². The summed E-state index contributed by atoms with van der Waals surface area (Å²) in [7, 11) is 0. The van der Waals surface area contributed by atoms with Crippen LogP contribution in [0.2, 0.25) is 0 Å². The molecule has 3 rings (SSSR count). The van der Waals surface area contributed by atoms with Gasteiger partial charge < -0.3 is 20.1 Å². The number of rotatable bonds is 4. The third-order valence-corrected chi connectivity index (χ3v) is 6.14. The lowest BCUT2D eigenvalue weighted by Crippen LogP contribution is -2.65. The van der Waals surface area contributed by atoms with Gasteiger partial charge in [-0.05, 0) is 44.9 Å². The summed E-state index contributed by atoms with van der Waals surface area (Å²) in [6.45, 7) is 4.61. The Balaban J connectivity index is 1.53. The maximum absolute atomic E-state index is 12.5. The highest BCUT2D eigenvalue weighted by molar-refractivity contribution is 5.75. The number of aliphatic hydroxyl groups excluding tert-OH is 1. The monoisotopic (exact) mass is 310 g/mol. The number of amides is 2. The molecule has 1 heterocycles. The lowest BCUT2D eigenvalue weighted by molar-refractivity contribution is -0.127. The Morgan fingerprint density at radius 2 is 2.00 bits per heavy atom. The van der Waals surface area contributed by atoms with Crippen molar-refractivity contribution >= 4 is 6.03 Å². The predicted molar refractivity (Wildman–Crippen MR) is 84.6 cm³/mol. The van der Waals surface area contributed by atoms with Crippen LogP contribution < -0.4 is 5.32 Å². The molecule has 2 aliphatic carbocycles. The lowest BCUT2D eigenvalue weighted by atomic mass is 9.60. The highest BCUT2D eigenvalue weighted by atomic mass is 16.5. The Labute approximate surface area is 133 Å². The van der Waals surface area contributed by atoms with E-state index in [4.69, 9.17) is 4.74 Å². The van der Waals surface area contributed by atoms with Crippen molar-refractivity contribution in [2.75, 3.05) is 26.3 Å². The molecule has 2 atom stereocenters. The first-order chi connectivity index (χ1) is 10.7. The molecular weight excluding hydrogens is 280 g/mol. The fourth-order valence-electron chi connectivity index (χ4n) is 4.65. The van der Waals surface area contributed by atoms with Gasteiger partial charge in [-0.2, -0.15) is 0 Å². The molecule has 5 heteroatoms. The minimum Gasteiger partial charge on any atom is -0.396 e. The quantitative estimate of drug-likeness (QED) is 0.836. The maximum atomic E-state index is 12.5. The van der Waals surface area contributed by atoms with E-state index in [-0.39, 0.29) is 24.1 Å². The molecule has 2 saturated carbocycles. The van der Waals surface area contributed by atoms with Crippen LogP contribution in [-0.4, -0.2) is 54.5 Å². The van der Waals surface area contributed by atoms with Gasteiger partial charge >= 0.3 is 6.03 Å². The number of piperidine rings is 1. The Hall–Kier alpha value is -0.810. The number of likely N-dealkylation sites (tertiary alicyclic amines) is 1. The smallest absolute Gasteiger partial charge is 0.317 e. The molecule has 126 valence electrons. The molecule has 2 N–H and O–H groups in total. The van der Waals surface area contributed by atoms with Crippen LogP contribution in [0, 0.1) is 11.3 Å². The summed E-state index contributed by atoms with van der Waals surface area (Å²) in [6, 6.07) is 0.372. The molecule has 0 bridgehead atoms. The second kappa shape index (κ2) is 6.75. The molecule has 0 aromatic rings. The van der Waals surface area contributed by atoms with Crippen LogP contribution in [0.15, 0.2) is 0 Å². The van der Waals surface area contributed by atoms with Gasteiger partial charge in [-0.25, -0.2) is 4.79 Å². The molecule has 3 fully saturated rings. The van der Waals surface area contributed by atoms with Gasteiger partial charge in [-0.1, -0.05) is 12.8 Å². The van der Waals surface area contributed by atoms with Gasteiger partial charge in [0.15, 0.2) is 0 Å². The van der Waals surface area contributed by atoms with E-state index in [1.54, 1.807) is 0 Å². The SMILES string of the molecule is CCOC1CC(NC(=O)N2CCC(CO)CC2)C12CCCC2. The summed E-state index contributed by atoms with van der Waals surface area (Å²) >= 11 is 0. The number of hydrogen-bond acceptors (Lipinski definition) is 3. The van der Waals surface area contributed by atoms with Crippen LogP contribution in [0.1, 0.15) is 51.9 Å². The number of hydrogen-bond donors (Lipinski definition) is 2. The van der Waals surface area contributed by atoms with E-state index >= 15 is 0 Å². The number of ether oxygens (including phenoxy) is 1. The molecule has 1 saturated heterocycles. The van der Waals surface area contributed by atoms with Gasteiger partial charge in [0.1, 0.15) is 0 Å². The van der Waals surface area contributed by atoms with Gasteiger partial charge in [0.25, 0.3) is 0 Å². The van der Waals surface area contributed by atoms with Crippen molar-refractivity contribution in [2.45, 2.75) is 64.0 Å². The summed E-state index contributed by atoms with van der Waals surface area (Å²) in [5, 5.41) is 12.5. The van der Waals surface area contributed by atoms with Crippen LogP contribution in [0.25, 0.3) is 0 Å². The standard InChI is InChI=1S/C17H30N2O3/c1-2-22-15-11-14(17(15)7-3-4-8-17)18-16(21)19-9-5-13(12-20)6-10-19/h13-15,20H,2-12H2,1H3,(H,18,21). The van der Waals surface area contributed by atoms with Crippen molar-refractivity contribution in [2.24, 2.45) is 11.3 Å². The fourth-order valence-corrected chi connectivity index (χ4v) is 4.65. The van der Waals surface area contributed by atoms with Gasteiger partial charge in [0, 0.05) is 37.8 Å². The van der Waals surface area contributed by atoms with Crippen LogP contribution in [0.3, 0.4) is 0 Å². The molecular formula is C17H30N2O3. The van der Waals surface area contributed by atoms with Crippen molar-refractivity contribution in [3.63, 3.8) is 0 Å². The summed E-state index contributed by atoms with van der Waals surface area (Å²) in [5.41, 5.74) is 0.203. The molecule has 22 heavy (non-hydrogen) atoms. The molecule has 1 aliphatic heterocycles. The van der Waals surface area contributed by atoms with Gasteiger partial charge in [-0.15, -0.1) is 0 Å². The molecule has 2 unspecified atom stereocenters. The second-order valence-corrected chi connectivity index (χ2v) is 7.24. The number of nitrogens with zero attached hydrogens (tertiary/aromatic N) is 1. The van der Waals surface area contributed by atoms with Crippen molar-refractivity contribution in [1.29, 1.82) is 0 Å². The Kier molecular flexibility index (Phi) is 4.93. The van der Waals surface area contributed by atoms with E-state index in [1.807, 2.05) is 4.90 Å². The van der Waals surface area contributed by atoms with Crippen LogP contribution in [0.4, 0.5) is 4.79 Å². The largest absolute Gasteiger partial charge is 0.396 e. The minimum atomic E-state index is 0.0858. The Bertz CT molecular complexity index is 387. The molecule has 5 nitrogen and oxygen atoms in total. The molecule has 0 aromatic carbocycles. The van der Waals surface area contributed by atoms with E-state index < -0.39 is 0 Å². The molecule has 2 amide bonds. The fraction of sp³-hybridized carbons (Fsp3) is 0.941. The normalized spacial score (nSPS) is 31.3. The van der Waals surface area contributed by atoms with Crippen LogP contribution in [-0.2, 0) is 4.74 Å². The van der Waals surface area contributed by atoms with Crippen molar-refractivity contribution in [3.05, 3.63) is 0 Å². The first-order valence-electron chi connectivity index (χ1n) is 8.97. The van der Waals surface area contributed by atoms with Crippen LogP contribution in [0.5, 0.6) is 0 Å². The summed E-state index contributed by atoms with van der Waals surface area (Å²) in [6.07, 6.45) is 8.04. The van der Waals surface area contributed by atoms with Crippen LogP contribution >= 0.6 is 0 Å². The van der Waals surface area contributed by atoms with Crippen molar-refractivity contribution < 1.29 is 14.6 Å². The van der Waals surface area contributed by atoms with Gasteiger partial charge in [-0.3, -0.25) is 0 Å². The molecule has 0 aromatic heterocycles. The zero-order valence-corrected chi connectivity index (χ0v) is 13.7. The Morgan fingerprint density at radius 1 is 1.32 bits per heavy atom. The number of carbonyl (C=O) groups is 1. The minimum absolute atomic E-state index is 0.0858. The number of urea groups is 1. The average Bonchev–Trinajstić information content (AvgIpc) is 3.06.